The zero-order chi connectivity index (χ0) is 18.5. The Kier molecular flexibility index (Phi) is 5.32. The zero-order valence-electron chi connectivity index (χ0n) is 15.2. The topological polar surface area (TPSA) is 76.1 Å². The van der Waals surface area contributed by atoms with Crippen LogP contribution in [0.25, 0.3) is 0 Å². The molecule has 0 bridgehead atoms. The summed E-state index contributed by atoms with van der Waals surface area (Å²) in [6, 6.07) is 10.4. The molecule has 1 atom stereocenters. The first-order chi connectivity index (χ1) is 13.3. The Hall–Kier alpha value is -2.90. The molecule has 27 heavy (non-hydrogen) atoms. The molecule has 1 aliphatic rings. The Morgan fingerprint density at radius 2 is 2.07 bits per heavy atom. The fourth-order valence-corrected chi connectivity index (χ4v) is 3.17. The molecule has 0 saturated carbocycles. The minimum absolute atomic E-state index is 0.102. The number of aromatic nitrogens is 4. The van der Waals surface area contributed by atoms with Crippen LogP contribution in [0, 0.1) is 6.92 Å². The van der Waals surface area contributed by atoms with Crippen LogP contribution < -0.4 is 5.32 Å². The van der Waals surface area contributed by atoms with Gasteiger partial charge in [-0.25, -0.2) is 15.0 Å². The van der Waals surface area contributed by atoms with Crippen molar-refractivity contribution in [2.45, 2.75) is 19.6 Å². The van der Waals surface area contributed by atoms with Gasteiger partial charge in [-0.2, -0.15) is 0 Å². The number of hydrogen-bond acceptors (Lipinski definition) is 7. The number of nitrogens with one attached hydrogen (secondary N) is 1. The van der Waals surface area contributed by atoms with Crippen molar-refractivity contribution in [3.05, 3.63) is 71.9 Å². The van der Waals surface area contributed by atoms with Gasteiger partial charge in [0.1, 0.15) is 6.10 Å². The molecule has 1 saturated heterocycles. The number of morpholine rings is 1. The lowest BCUT2D eigenvalue weighted by Crippen LogP contribution is -2.38. The van der Waals surface area contributed by atoms with Crippen molar-refractivity contribution in [2.24, 2.45) is 0 Å². The second kappa shape index (κ2) is 8.20. The second-order valence-corrected chi connectivity index (χ2v) is 6.61. The third-order valence-corrected chi connectivity index (χ3v) is 4.43. The minimum Gasteiger partial charge on any atom is -0.369 e. The van der Waals surface area contributed by atoms with E-state index in [4.69, 9.17) is 4.74 Å². The van der Waals surface area contributed by atoms with Gasteiger partial charge in [-0.05, 0) is 18.6 Å². The first kappa shape index (κ1) is 17.5. The molecule has 0 aliphatic carbocycles. The zero-order valence-corrected chi connectivity index (χ0v) is 15.2. The van der Waals surface area contributed by atoms with E-state index in [1.54, 1.807) is 30.9 Å². The van der Waals surface area contributed by atoms with Crippen LogP contribution in [0.3, 0.4) is 0 Å². The lowest BCUT2D eigenvalue weighted by Gasteiger charge is -2.32. The van der Waals surface area contributed by atoms with Crippen molar-refractivity contribution >= 4 is 11.8 Å². The quantitative estimate of drug-likeness (QED) is 0.748. The smallest absolute Gasteiger partial charge is 0.228 e. The molecule has 0 amide bonds. The molecular formula is C20H22N6O. The molecule has 7 nitrogen and oxygen atoms in total. The third kappa shape index (κ3) is 4.64. The van der Waals surface area contributed by atoms with Gasteiger partial charge in [0.15, 0.2) is 5.82 Å². The van der Waals surface area contributed by atoms with Crippen molar-refractivity contribution < 1.29 is 4.74 Å². The van der Waals surface area contributed by atoms with E-state index in [1.807, 2.05) is 0 Å². The summed E-state index contributed by atoms with van der Waals surface area (Å²) in [6.45, 7) is 5.40. The lowest BCUT2D eigenvalue weighted by atomic mass is 10.1. The van der Waals surface area contributed by atoms with Gasteiger partial charge in [-0.3, -0.25) is 9.88 Å². The summed E-state index contributed by atoms with van der Waals surface area (Å²) in [4.78, 5) is 19.6. The number of ether oxygens (including phenoxy) is 1. The first-order valence-corrected chi connectivity index (χ1v) is 9.02. The standard InChI is InChI=1S/C20H22N6O/c1-15-4-2-5-16(10-15)13-26-8-9-27-18(14-26)17-11-21-12-19(24-17)25-20-22-6-3-7-23-20/h2-7,10-12,18H,8-9,13-14H2,1H3,(H,22,23,24,25)/t18-/m1/s1. The number of hydrogen-bond donors (Lipinski definition) is 1. The molecule has 4 rings (SSSR count). The highest BCUT2D eigenvalue weighted by atomic mass is 16.5. The van der Waals surface area contributed by atoms with Gasteiger partial charge >= 0.3 is 0 Å². The summed E-state index contributed by atoms with van der Waals surface area (Å²) in [7, 11) is 0. The summed E-state index contributed by atoms with van der Waals surface area (Å²) < 4.78 is 5.96. The van der Waals surface area contributed by atoms with Crippen molar-refractivity contribution in [1.82, 2.24) is 24.8 Å². The summed E-state index contributed by atoms with van der Waals surface area (Å²) in [6.07, 6.45) is 6.68. The number of anilines is 2. The Morgan fingerprint density at radius 1 is 1.19 bits per heavy atom. The van der Waals surface area contributed by atoms with Crippen LogP contribution in [0.1, 0.15) is 22.9 Å². The maximum Gasteiger partial charge on any atom is 0.228 e. The predicted octanol–water partition coefficient (Wildman–Crippen LogP) is 2.89. The van der Waals surface area contributed by atoms with Crippen LogP contribution in [-0.2, 0) is 11.3 Å². The average molecular weight is 362 g/mol. The van der Waals surface area contributed by atoms with Crippen molar-refractivity contribution in [2.75, 3.05) is 25.0 Å². The van der Waals surface area contributed by atoms with E-state index in [-0.39, 0.29) is 6.10 Å². The fraction of sp³-hybridized carbons (Fsp3) is 0.300. The minimum atomic E-state index is -0.102. The van der Waals surface area contributed by atoms with E-state index in [1.165, 1.54) is 11.1 Å². The highest BCUT2D eigenvalue weighted by Crippen LogP contribution is 2.23. The SMILES string of the molecule is Cc1cccc(CN2CCO[C@@H](c3cncc(Nc4ncccn4)n3)C2)c1. The third-order valence-electron chi connectivity index (χ3n) is 4.43. The fourth-order valence-electron chi connectivity index (χ4n) is 3.17. The van der Waals surface area contributed by atoms with Gasteiger partial charge in [0.25, 0.3) is 0 Å². The molecule has 2 aromatic heterocycles. The lowest BCUT2D eigenvalue weighted by molar-refractivity contribution is -0.0351. The average Bonchev–Trinajstić information content (AvgIpc) is 2.69. The van der Waals surface area contributed by atoms with Gasteiger partial charge in [0, 0.05) is 32.0 Å². The molecule has 0 spiro atoms. The van der Waals surface area contributed by atoms with Crippen molar-refractivity contribution in [1.29, 1.82) is 0 Å². The molecule has 3 aromatic rings. The van der Waals surface area contributed by atoms with E-state index in [0.29, 0.717) is 18.4 Å². The predicted molar refractivity (Wildman–Crippen MR) is 102 cm³/mol. The number of benzene rings is 1. The van der Waals surface area contributed by atoms with Gasteiger partial charge < -0.3 is 10.1 Å². The van der Waals surface area contributed by atoms with Gasteiger partial charge in [-0.1, -0.05) is 29.8 Å². The van der Waals surface area contributed by atoms with Gasteiger partial charge in [0.05, 0.1) is 24.7 Å². The Bertz CT molecular complexity index is 888. The summed E-state index contributed by atoms with van der Waals surface area (Å²) >= 11 is 0. The highest BCUT2D eigenvalue weighted by Gasteiger charge is 2.23. The van der Waals surface area contributed by atoms with Crippen LogP contribution in [-0.4, -0.2) is 44.5 Å². The first-order valence-electron chi connectivity index (χ1n) is 9.02. The number of aryl methyl sites for hydroxylation is 1. The molecule has 0 unspecified atom stereocenters. The maximum absolute atomic E-state index is 5.96. The van der Waals surface area contributed by atoms with E-state index in [0.717, 1.165) is 25.3 Å². The van der Waals surface area contributed by atoms with Crippen LogP contribution in [0.5, 0.6) is 0 Å². The highest BCUT2D eigenvalue weighted by molar-refractivity contribution is 5.45. The molecule has 138 valence electrons. The van der Waals surface area contributed by atoms with Crippen molar-refractivity contribution in [3.8, 4) is 0 Å². The van der Waals surface area contributed by atoms with E-state index >= 15 is 0 Å². The molecule has 1 aromatic carbocycles. The number of nitrogens with zero attached hydrogens (tertiary/aromatic N) is 5. The molecule has 1 aliphatic heterocycles. The molecule has 0 radical (unpaired) electrons. The van der Waals surface area contributed by atoms with E-state index in [9.17, 15) is 0 Å². The molecular weight excluding hydrogens is 340 g/mol. The normalized spacial score (nSPS) is 17.6. The van der Waals surface area contributed by atoms with E-state index in [2.05, 4.69) is 61.3 Å². The Labute approximate surface area is 158 Å². The van der Waals surface area contributed by atoms with Crippen LogP contribution >= 0.6 is 0 Å². The van der Waals surface area contributed by atoms with Crippen molar-refractivity contribution in [3.63, 3.8) is 0 Å². The number of rotatable bonds is 5. The molecule has 1 N–H and O–H groups in total. The Morgan fingerprint density at radius 3 is 2.93 bits per heavy atom. The van der Waals surface area contributed by atoms with Crippen LogP contribution in [0.2, 0.25) is 0 Å². The molecule has 1 fully saturated rings. The van der Waals surface area contributed by atoms with E-state index < -0.39 is 0 Å². The monoisotopic (exact) mass is 362 g/mol. The summed E-state index contributed by atoms with van der Waals surface area (Å²) in [5, 5.41) is 3.08. The second-order valence-electron chi connectivity index (χ2n) is 6.61. The summed E-state index contributed by atoms with van der Waals surface area (Å²) in [5.41, 5.74) is 3.41. The van der Waals surface area contributed by atoms with Crippen LogP contribution in [0.4, 0.5) is 11.8 Å². The molecule has 3 heterocycles. The molecule has 7 heteroatoms. The Balaban J connectivity index is 1.44. The largest absolute Gasteiger partial charge is 0.369 e. The van der Waals surface area contributed by atoms with Gasteiger partial charge in [0.2, 0.25) is 5.95 Å². The van der Waals surface area contributed by atoms with Gasteiger partial charge in [-0.15, -0.1) is 0 Å². The van der Waals surface area contributed by atoms with Crippen LogP contribution in [0.15, 0.2) is 55.1 Å². The maximum atomic E-state index is 5.96. The summed E-state index contributed by atoms with van der Waals surface area (Å²) in [5.74, 6) is 1.10.